The van der Waals surface area contributed by atoms with Crippen LogP contribution in [0.2, 0.25) is 0 Å². The molecule has 0 N–H and O–H groups in total. The number of carbonyl (C=O) groups is 1. The zero-order chi connectivity index (χ0) is 26.1. The molecule has 2 aromatic carbocycles. The van der Waals surface area contributed by atoms with E-state index in [1.54, 1.807) is 30.7 Å². The maximum Gasteiger partial charge on any atom is 0.414 e. The van der Waals surface area contributed by atoms with E-state index in [1.807, 2.05) is 30.3 Å². The molecule has 0 radical (unpaired) electrons. The van der Waals surface area contributed by atoms with Crippen LogP contribution < -0.4 is 4.90 Å². The maximum atomic E-state index is 15.1. The van der Waals surface area contributed by atoms with E-state index in [2.05, 4.69) is 15.0 Å². The quantitative estimate of drug-likeness (QED) is 0.343. The third kappa shape index (κ3) is 5.02. The van der Waals surface area contributed by atoms with Crippen molar-refractivity contribution in [2.75, 3.05) is 31.1 Å². The van der Waals surface area contributed by atoms with Gasteiger partial charge in [0.2, 0.25) is 0 Å². The van der Waals surface area contributed by atoms with Gasteiger partial charge in [-0.15, -0.1) is 0 Å². The molecule has 4 heterocycles. The van der Waals surface area contributed by atoms with E-state index in [1.165, 1.54) is 27.8 Å². The number of anilines is 1. The Bertz CT molecular complexity index is 1420. The van der Waals surface area contributed by atoms with Gasteiger partial charge in [-0.1, -0.05) is 18.2 Å². The monoisotopic (exact) mass is 515 g/mol. The second-order valence-corrected chi connectivity index (χ2v) is 9.77. The van der Waals surface area contributed by atoms with Gasteiger partial charge in [0.1, 0.15) is 17.6 Å². The first-order valence-electron chi connectivity index (χ1n) is 12.8. The highest BCUT2D eigenvalue weighted by Gasteiger charge is 2.34. The number of piperidine rings is 1. The van der Waals surface area contributed by atoms with Gasteiger partial charge in [-0.3, -0.25) is 14.8 Å². The highest BCUT2D eigenvalue weighted by molar-refractivity contribution is 5.89. The summed E-state index contributed by atoms with van der Waals surface area (Å²) in [4.78, 5) is 20.7. The lowest BCUT2D eigenvalue weighted by Gasteiger charge is -2.33. The van der Waals surface area contributed by atoms with Crippen LogP contribution in [0.1, 0.15) is 24.3 Å². The van der Waals surface area contributed by atoms with Crippen molar-refractivity contribution in [3.05, 3.63) is 96.5 Å². The van der Waals surface area contributed by atoms with Gasteiger partial charge in [0.25, 0.3) is 0 Å². The van der Waals surface area contributed by atoms with Gasteiger partial charge in [-0.2, -0.15) is 5.10 Å². The van der Waals surface area contributed by atoms with Crippen LogP contribution in [0.25, 0.3) is 16.9 Å². The average Bonchev–Trinajstić information content (AvgIpc) is 3.57. The standard InChI is InChI=1S/C29H27F2N5O2/c30-23-6-4-20(5-7-23)21-10-13-34(14-11-21)18-25-19-35(29(37)38-25)24-8-9-28(26(31)15-24)36-17-22(16-33-36)27-3-1-2-12-32-27/h1-9,12,15-17,21,25H,10-11,13-14,18-19H2/t25-/m0/s1. The minimum absolute atomic E-state index is 0.218. The molecule has 0 unspecified atom stereocenters. The Morgan fingerprint density at radius 1 is 1.00 bits per heavy atom. The lowest BCUT2D eigenvalue weighted by Crippen LogP contribution is -2.39. The molecule has 7 nitrogen and oxygen atoms in total. The number of hydrogen-bond donors (Lipinski definition) is 0. The molecule has 2 fully saturated rings. The molecular weight excluding hydrogens is 488 g/mol. The molecule has 2 aliphatic rings. The van der Waals surface area contributed by atoms with Crippen molar-refractivity contribution in [1.82, 2.24) is 19.7 Å². The molecular formula is C29H27F2N5O2. The number of hydrogen-bond acceptors (Lipinski definition) is 5. The smallest absolute Gasteiger partial charge is 0.414 e. The molecule has 38 heavy (non-hydrogen) atoms. The fourth-order valence-corrected chi connectivity index (χ4v) is 5.27. The minimum Gasteiger partial charge on any atom is -0.443 e. The lowest BCUT2D eigenvalue weighted by atomic mass is 9.89. The van der Waals surface area contributed by atoms with Crippen LogP contribution in [0, 0.1) is 11.6 Å². The number of likely N-dealkylation sites (tertiary alicyclic amines) is 1. The van der Waals surface area contributed by atoms with Crippen LogP contribution >= 0.6 is 0 Å². The van der Waals surface area contributed by atoms with Gasteiger partial charge >= 0.3 is 6.09 Å². The number of amides is 1. The van der Waals surface area contributed by atoms with Gasteiger partial charge in [0, 0.05) is 24.5 Å². The number of carbonyl (C=O) groups excluding carboxylic acids is 1. The number of cyclic esters (lactones) is 1. The zero-order valence-electron chi connectivity index (χ0n) is 20.7. The fraction of sp³-hybridized carbons (Fsp3) is 0.276. The van der Waals surface area contributed by atoms with Crippen molar-refractivity contribution in [3.63, 3.8) is 0 Å². The van der Waals surface area contributed by atoms with E-state index in [0.29, 0.717) is 24.7 Å². The molecule has 2 aromatic heterocycles. The predicted octanol–water partition coefficient (Wildman–Crippen LogP) is 5.42. The highest BCUT2D eigenvalue weighted by Crippen LogP contribution is 2.30. The topological polar surface area (TPSA) is 63.5 Å². The number of aromatic nitrogens is 3. The predicted molar refractivity (Wildman–Crippen MR) is 139 cm³/mol. The van der Waals surface area contributed by atoms with Crippen molar-refractivity contribution in [2.45, 2.75) is 24.9 Å². The highest BCUT2D eigenvalue weighted by atomic mass is 19.1. The van der Waals surface area contributed by atoms with Gasteiger partial charge < -0.3 is 4.74 Å². The largest absolute Gasteiger partial charge is 0.443 e. The molecule has 1 amide bonds. The first-order chi connectivity index (χ1) is 18.5. The molecule has 0 saturated carbocycles. The second kappa shape index (κ2) is 10.3. The van der Waals surface area contributed by atoms with Crippen molar-refractivity contribution in [1.29, 1.82) is 0 Å². The Balaban J connectivity index is 1.07. The van der Waals surface area contributed by atoms with E-state index in [-0.39, 0.29) is 17.6 Å². The van der Waals surface area contributed by atoms with Gasteiger partial charge in [-0.25, -0.2) is 18.3 Å². The van der Waals surface area contributed by atoms with Gasteiger partial charge in [0.15, 0.2) is 5.82 Å². The van der Waals surface area contributed by atoms with Gasteiger partial charge in [-0.05, 0) is 79.9 Å². The third-order valence-corrected chi connectivity index (χ3v) is 7.30. The van der Waals surface area contributed by atoms with Crippen molar-refractivity contribution in [3.8, 4) is 16.9 Å². The molecule has 2 saturated heterocycles. The second-order valence-electron chi connectivity index (χ2n) is 9.77. The molecule has 1 atom stereocenters. The summed E-state index contributed by atoms with van der Waals surface area (Å²) in [5.74, 6) is -0.299. The summed E-state index contributed by atoms with van der Waals surface area (Å²) >= 11 is 0. The van der Waals surface area contributed by atoms with E-state index in [0.717, 1.165) is 42.8 Å². The van der Waals surface area contributed by atoms with E-state index in [4.69, 9.17) is 4.74 Å². The van der Waals surface area contributed by atoms with Crippen molar-refractivity contribution in [2.24, 2.45) is 0 Å². The van der Waals surface area contributed by atoms with Crippen LogP contribution in [0.5, 0.6) is 0 Å². The molecule has 2 aliphatic heterocycles. The lowest BCUT2D eigenvalue weighted by molar-refractivity contribution is 0.0976. The summed E-state index contributed by atoms with van der Waals surface area (Å²) < 4.78 is 35.4. The Hall–Kier alpha value is -4.11. The number of ether oxygens (including phenoxy) is 1. The molecule has 6 rings (SSSR count). The van der Waals surface area contributed by atoms with Gasteiger partial charge in [0.05, 0.1) is 24.1 Å². The summed E-state index contributed by atoms with van der Waals surface area (Å²) in [7, 11) is 0. The van der Waals surface area contributed by atoms with Crippen LogP contribution in [-0.2, 0) is 4.74 Å². The first kappa shape index (κ1) is 24.2. The summed E-state index contributed by atoms with van der Waals surface area (Å²) in [6.45, 7) is 2.75. The van der Waals surface area contributed by atoms with Crippen LogP contribution in [-0.4, -0.2) is 58.0 Å². The Labute approximate surface area is 219 Å². The van der Waals surface area contributed by atoms with E-state index in [9.17, 15) is 9.18 Å². The van der Waals surface area contributed by atoms with Crippen molar-refractivity contribution < 1.29 is 18.3 Å². The summed E-state index contributed by atoms with van der Waals surface area (Å²) in [6, 6.07) is 17.0. The SMILES string of the molecule is O=C1O[C@@H](CN2CCC(c3ccc(F)cc3)CC2)CN1c1ccc(-n2cc(-c3ccccn3)cn2)c(F)c1. The van der Waals surface area contributed by atoms with Crippen molar-refractivity contribution >= 4 is 11.8 Å². The summed E-state index contributed by atoms with van der Waals surface area (Å²) in [5.41, 5.74) is 3.43. The normalized spacial score (nSPS) is 18.6. The zero-order valence-corrected chi connectivity index (χ0v) is 20.7. The number of benzene rings is 2. The average molecular weight is 516 g/mol. The van der Waals surface area contributed by atoms with Crippen LogP contribution in [0.4, 0.5) is 19.3 Å². The molecule has 0 bridgehead atoms. The Kier molecular flexibility index (Phi) is 6.59. The number of halogens is 2. The molecule has 9 heteroatoms. The first-order valence-corrected chi connectivity index (χ1v) is 12.8. The molecule has 0 spiro atoms. The maximum absolute atomic E-state index is 15.1. The minimum atomic E-state index is -0.489. The van der Waals surface area contributed by atoms with E-state index < -0.39 is 11.9 Å². The molecule has 0 aliphatic carbocycles. The fourth-order valence-electron chi connectivity index (χ4n) is 5.27. The number of pyridine rings is 1. The van der Waals surface area contributed by atoms with Crippen LogP contribution in [0.3, 0.4) is 0 Å². The molecule has 4 aromatic rings. The molecule has 194 valence electrons. The van der Waals surface area contributed by atoms with E-state index >= 15 is 4.39 Å². The van der Waals surface area contributed by atoms with Crippen LogP contribution in [0.15, 0.2) is 79.3 Å². The third-order valence-electron chi connectivity index (χ3n) is 7.30. The Morgan fingerprint density at radius 3 is 2.55 bits per heavy atom. The number of rotatable bonds is 6. The summed E-state index contributed by atoms with van der Waals surface area (Å²) in [5, 5.41) is 4.28. The Morgan fingerprint density at radius 2 is 1.82 bits per heavy atom. The summed E-state index contributed by atoms with van der Waals surface area (Å²) in [6.07, 6.45) is 6.23. The number of nitrogens with zero attached hydrogens (tertiary/aromatic N) is 5.